The highest BCUT2D eigenvalue weighted by Crippen LogP contribution is 2.23. The van der Waals surface area contributed by atoms with Crippen molar-refractivity contribution in [1.29, 1.82) is 0 Å². The molecule has 0 aliphatic carbocycles. The van der Waals surface area contributed by atoms with Gasteiger partial charge in [0.2, 0.25) is 0 Å². The normalized spacial score (nSPS) is 17.1. The Hall–Kier alpha value is -2.22. The van der Waals surface area contributed by atoms with Gasteiger partial charge in [0.15, 0.2) is 23.8 Å². The Morgan fingerprint density at radius 3 is 2.45 bits per heavy atom. The number of amides is 1. The van der Waals surface area contributed by atoms with Crippen LogP contribution >= 0.6 is 0 Å². The van der Waals surface area contributed by atoms with E-state index in [9.17, 15) is 23.5 Å². The second-order valence-electron chi connectivity index (χ2n) is 5.08. The zero-order valence-corrected chi connectivity index (χ0v) is 11.6. The fourth-order valence-electron chi connectivity index (χ4n) is 2.16. The molecule has 0 saturated carbocycles. The van der Waals surface area contributed by atoms with E-state index in [0.29, 0.717) is 6.07 Å². The van der Waals surface area contributed by atoms with Crippen molar-refractivity contribution in [2.24, 2.45) is 0 Å². The number of hydrogen-bond donors (Lipinski definition) is 2. The molecular formula is C14H15F2NO5. The molecule has 0 radical (unpaired) electrons. The number of ether oxygens (including phenoxy) is 1. The molecule has 2 rings (SSSR count). The minimum absolute atomic E-state index is 0.0664. The van der Waals surface area contributed by atoms with Crippen molar-refractivity contribution in [3.8, 4) is 5.75 Å². The van der Waals surface area contributed by atoms with Gasteiger partial charge in [-0.1, -0.05) is 0 Å². The maximum absolute atomic E-state index is 13.3. The number of aliphatic carboxylic acids is 1. The molecular weight excluding hydrogens is 300 g/mol. The number of carboxylic acid groups (broad SMARTS) is 1. The lowest BCUT2D eigenvalue weighted by Gasteiger charge is -2.35. The van der Waals surface area contributed by atoms with Crippen molar-refractivity contribution in [2.75, 3.05) is 19.7 Å². The number of carbonyl (C=O) groups excluding carboxylic acids is 1. The van der Waals surface area contributed by atoms with Crippen LogP contribution in [0.25, 0.3) is 0 Å². The molecule has 1 aliphatic heterocycles. The molecule has 0 aromatic heterocycles. The Morgan fingerprint density at radius 2 is 1.91 bits per heavy atom. The molecule has 2 N–H and O–H groups in total. The monoisotopic (exact) mass is 315 g/mol. The summed E-state index contributed by atoms with van der Waals surface area (Å²) in [6.07, 6.45) is -0.169. The van der Waals surface area contributed by atoms with Crippen LogP contribution in [-0.4, -0.2) is 52.3 Å². The summed E-state index contributed by atoms with van der Waals surface area (Å²) in [4.78, 5) is 24.1. The van der Waals surface area contributed by atoms with E-state index in [-0.39, 0.29) is 31.7 Å². The van der Waals surface area contributed by atoms with E-state index in [2.05, 4.69) is 0 Å². The number of carboxylic acids is 1. The summed E-state index contributed by atoms with van der Waals surface area (Å²) in [5.41, 5.74) is -1.82. The highest BCUT2D eigenvalue weighted by molar-refractivity contribution is 5.80. The number of carbonyl (C=O) groups is 2. The summed E-state index contributed by atoms with van der Waals surface area (Å²) >= 11 is 0. The van der Waals surface area contributed by atoms with Crippen molar-refractivity contribution in [3.63, 3.8) is 0 Å². The molecule has 1 heterocycles. The summed E-state index contributed by atoms with van der Waals surface area (Å²) in [6, 6.07) is 2.74. The summed E-state index contributed by atoms with van der Waals surface area (Å²) in [6.45, 7) is -0.318. The quantitative estimate of drug-likeness (QED) is 0.857. The van der Waals surface area contributed by atoms with Crippen LogP contribution in [0.3, 0.4) is 0 Å². The predicted molar refractivity (Wildman–Crippen MR) is 70.3 cm³/mol. The Bertz CT molecular complexity index is 585. The summed E-state index contributed by atoms with van der Waals surface area (Å²) < 4.78 is 31.1. The Balaban J connectivity index is 1.87. The lowest BCUT2D eigenvalue weighted by molar-refractivity contribution is -0.165. The molecule has 1 amide bonds. The van der Waals surface area contributed by atoms with E-state index in [4.69, 9.17) is 9.84 Å². The van der Waals surface area contributed by atoms with Crippen LogP contribution < -0.4 is 4.74 Å². The largest absolute Gasteiger partial charge is 0.481 e. The number of hydrogen-bond acceptors (Lipinski definition) is 4. The fraction of sp³-hybridized carbons (Fsp3) is 0.429. The van der Waals surface area contributed by atoms with Gasteiger partial charge in [0.1, 0.15) is 5.82 Å². The molecule has 0 unspecified atom stereocenters. The van der Waals surface area contributed by atoms with E-state index in [1.807, 2.05) is 0 Å². The number of halogens is 2. The van der Waals surface area contributed by atoms with E-state index < -0.39 is 35.7 Å². The Morgan fingerprint density at radius 1 is 1.27 bits per heavy atom. The Kier molecular flexibility index (Phi) is 4.60. The third-order valence-electron chi connectivity index (χ3n) is 3.59. The average Bonchev–Trinajstić information content (AvgIpc) is 2.46. The number of benzene rings is 1. The van der Waals surface area contributed by atoms with Gasteiger partial charge in [0, 0.05) is 32.0 Å². The molecule has 1 aromatic rings. The van der Waals surface area contributed by atoms with Crippen LogP contribution in [0.4, 0.5) is 8.78 Å². The highest BCUT2D eigenvalue weighted by Gasteiger charge is 2.40. The van der Waals surface area contributed by atoms with Gasteiger partial charge in [-0.2, -0.15) is 0 Å². The van der Waals surface area contributed by atoms with Crippen molar-refractivity contribution < 1.29 is 33.3 Å². The summed E-state index contributed by atoms with van der Waals surface area (Å²) in [5.74, 6) is -3.68. The molecule has 0 atom stereocenters. The smallest absolute Gasteiger partial charge is 0.335 e. The lowest BCUT2D eigenvalue weighted by Crippen LogP contribution is -2.51. The van der Waals surface area contributed by atoms with Crippen molar-refractivity contribution in [3.05, 3.63) is 29.8 Å². The van der Waals surface area contributed by atoms with Gasteiger partial charge in [-0.25, -0.2) is 13.6 Å². The molecule has 120 valence electrons. The van der Waals surface area contributed by atoms with E-state index in [1.165, 1.54) is 4.90 Å². The van der Waals surface area contributed by atoms with Gasteiger partial charge in [-0.15, -0.1) is 0 Å². The van der Waals surface area contributed by atoms with Crippen LogP contribution in [0.1, 0.15) is 12.8 Å². The van der Waals surface area contributed by atoms with Crippen molar-refractivity contribution in [2.45, 2.75) is 18.4 Å². The first-order chi connectivity index (χ1) is 10.3. The van der Waals surface area contributed by atoms with Crippen LogP contribution in [0, 0.1) is 11.6 Å². The predicted octanol–water partition coefficient (Wildman–Crippen LogP) is 0.782. The third kappa shape index (κ3) is 3.51. The molecule has 1 fully saturated rings. The van der Waals surface area contributed by atoms with Crippen molar-refractivity contribution >= 4 is 11.9 Å². The molecule has 8 heteroatoms. The molecule has 22 heavy (non-hydrogen) atoms. The number of likely N-dealkylation sites (tertiary alicyclic amines) is 1. The van der Waals surface area contributed by atoms with E-state index >= 15 is 0 Å². The Labute approximate surface area is 124 Å². The molecule has 6 nitrogen and oxygen atoms in total. The van der Waals surface area contributed by atoms with Gasteiger partial charge in [0.05, 0.1) is 0 Å². The van der Waals surface area contributed by atoms with Gasteiger partial charge in [-0.05, 0) is 12.1 Å². The zero-order chi connectivity index (χ0) is 16.3. The van der Waals surface area contributed by atoms with Crippen molar-refractivity contribution in [1.82, 2.24) is 4.90 Å². The fourth-order valence-corrected chi connectivity index (χ4v) is 2.16. The molecule has 0 spiro atoms. The van der Waals surface area contributed by atoms with Gasteiger partial charge >= 0.3 is 5.97 Å². The topological polar surface area (TPSA) is 87.1 Å². The summed E-state index contributed by atoms with van der Waals surface area (Å²) in [5, 5.41) is 18.6. The second kappa shape index (κ2) is 6.27. The molecule has 1 saturated heterocycles. The molecule has 0 bridgehead atoms. The van der Waals surface area contributed by atoms with E-state index in [1.54, 1.807) is 0 Å². The maximum atomic E-state index is 13.3. The number of aliphatic hydroxyl groups is 1. The first-order valence-corrected chi connectivity index (χ1v) is 6.63. The lowest BCUT2D eigenvalue weighted by atomic mass is 9.92. The number of rotatable bonds is 4. The minimum atomic E-state index is -1.82. The van der Waals surface area contributed by atoms with Crippen LogP contribution in [-0.2, 0) is 9.59 Å². The summed E-state index contributed by atoms with van der Waals surface area (Å²) in [7, 11) is 0. The SMILES string of the molecule is O=C(COc1ccc(F)cc1F)N1CCC(O)(C(=O)O)CC1. The van der Waals surface area contributed by atoms with Gasteiger partial charge in [0.25, 0.3) is 5.91 Å². The average molecular weight is 315 g/mol. The van der Waals surface area contributed by atoms with Crippen LogP contribution in [0.15, 0.2) is 18.2 Å². The molecule has 1 aromatic carbocycles. The maximum Gasteiger partial charge on any atom is 0.335 e. The van der Waals surface area contributed by atoms with Gasteiger partial charge in [-0.3, -0.25) is 4.79 Å². The van der Waals surface area contributed by atoms with E-state index in [0.717, 1.165) is 12.1 Å². The third-order valence-corrected chi connectivity index (χ3v) is 3.59. The van der Waals surface area contributed by atoms with Crippen LogP contribution in [0.2, 0.25) is 0 Å². The first-order valence-electron chi connectivity index (χ1n) is 6.63. The number of nitrogens with zero attached hydrogens (tertiary/aromatic N) is 1. The first kappa shape index (κ1) is 16.2. The van der Waals surface area contributed by atoms with Gasteiger partial charge < -0.3 is 19.8 Å². The highest BCUT2D eigenvalue weighted by atomic mass is 19.1. The number of piperidine rings is 1. The minimum Gasteiger partial charge on any atom is -0.481 e. The zero-order valence-electron chi connectivity index (χ0n) is 11.6. The standard InChI is InChI=1S/C14H15F2NO5/c15-9-1-2-11(10(16)7-9)22-8-12(18)17-5-3-14(21,4-6-17)13(19)20/h1-2,7,21H,3-6,8H2,(H,19,20). The second-order valence-corrected chi connectivity index (χ2v) is 5.08. The van der Waals surface area contributed by atoms with Crippen LogP contribution in [0.5, 0.6) is 5.75 Å². The molecule has 1 aliphatic rings.